The number of rotatable bonds is 6. The molecule has 1 rings (SSSR count). The first-order chi connectivity index (χ1) is 6.10. The molecule has 1 unspecified atom stereocenters. The fourth-order valence-corrected chi connectivity index (χ4v) is 1.81. The van der Waals surface area contributed by atoms with Crippen LogP contribution >= 0.6 is 0 Å². The molecule has 1 saturated carbocycles. The van der Waals surface area contributed by atoms with Crippen LogP contribution in [0.1, 0.15) is 33.6 Å². The molecule has 0 heterocycles. The minimum absolute atomic E-state index is 0.487. The summed E-state index contributed by atoms with van der Waals surface area (Å²) in [6, 6.07) is 0.487. The van der Waals surface area contributed by atoms with E-state index in [-0.39, 0.29) is 0 Å². The monoisotopic (exact) mass is 185 g/mol. The minimum atomic E-state index is 0.487. The fraction of sp³-hybridized carbons (Fsp3) is 1.00. The molecule has 1 atom stereocenters. The maximum absolute atomic E-state index is 5.09. The number of ether oxygens (including phenoxy) is 1. The van der Waals surface area contributed by atoms with E-state index in [2.05, 4.69) is 26.1 Å². The lowest BCUT2D eigenvalue weighted by Gasteiger charge is -2.22. The van der Waals surface area contributed by atoms with E-state index in [1.165, 1.54) is 12.8 Å². The molecule has 0 aromatic carbocycles. The predicted molar refractivity (Wildman–Crippen MR) is 55.8 cm³/mol. The number of hydrogen-bond donors (Lipinski definition) is 1. The van der Waals surface area contributed by atoms with Crippen LogP contribution < -0.4 is 5.32 Å². The first kappa shape index (κ1) is 11.0. The molecule has 78 valence electrons. The van der Waals surface area contributed by atoms with Crippen LogP contribution in [0.5, 0.6) is 0 Å². The molecule has 0 amide bonds. The van der Waals surface area contributed by atoms with Gasteiger partial charge >= 0.3 is 0 Å². The van der Waals surface area contributed by atoms with E-state index in [0.29, 0.717) is 11.5 Å². The molecule has 0 saturated heterocycles. The molecule has 1 aliphatic carbocycles. The third-order valence-corrected chi connectivity index (χ3v) is 3.34. The Morgan fingerprint density at radius 1 is 1.31 bits per heavy atom. The van der Waals surface area contributed by atoms with Crippen molar-refractivity contribution in [3.63, 3.8) is 0 Å². The van der Waals surface area contributed by atoms with Crippen LogP contribution in [0.25, 0.3) is 0 Å². The molecular weight excluding hydrogens is 162 g/mol. The number of nitrogens with one attached hydrogen (secondary N) is 1. The molecule has 1 N–H and O–H groups in total. The molecule has 0 bridgehead atoms. The van der Waals surface area contributed by atoms with Crippen molar-refractivity contribution in [3.8, 4) is 0 Å². The Bertz CT molecular complexity index is 152. The maximum Gasteiger partial charge on any atom is 0.0613 e. The first-order valence-corrected chi connectivity index (χ1v) is 5.33. The van der Waals surface area contributed by atoms with Crippen LogP contribution in [-0.2, 0) is 4.74 Å². The molecule has 0 aliphatic heterocycles. The Morgan fingerprint density at radius 2 is 1.92 bits per heavy atom. The highest BCUT2D eigenvalue weighted by Gasteiger charge is 2.44. The number of methoxy groups -OCH3 is 1. The summed E-state index contributed by atoms with van der Waals surface area (Å²) in [5, 5.41) is 3.54. The second kappa shape index (κ2) is 4.43. The van der Waals surface area contributed by atoms with Gasteiger partial charge in [-0.25, -0.2) is 0 Å². The van der Waals surface area contributed by atoms with E-state index in [1.54, 1.807) is 7.11 Å². The van der Waals surface area contributed by atoms with E-state index in [9.17, 15) is 0 Å². The minimum Gasteiger partial charge on any atom is -0.383 e. The van der Waals surface area contributed by atoms with Gasteiger partial charge < -0.3 is 10.1 Å². The van der Waals surface area contributed by atoms with Gasteiger partial charge in [0, 0.05) is 19.7 Å². The van der Waals surface area contributed by atoms with Crippen molar-refractivity contribution in [2.75, 3.05) is 20.3 Å². The van der Waals surface area contributed by atoms with E-state index >= 15 is 0 Å². The molecule has 0 aromatic rings. The molecule has 2 heteroatoms. The lowest BCUT2D eigenvalue weighted by molar-refractivity contribution is 0.166. The molecule has 13 heavy (non-hydrogen) atoms. The van der Waals surface area contributed by atoms with Gasteiger partial charge in [-0.05, 0) is 31.1 Å². The molecular formula is C11H23NO. The molecule has 0 aromatic heterocycles. The largest absolute Gasteiger partial charge is 0.383 e. The van der Waals surface area contributed by atoms with Gasteiger partial charge in [0.1, 0.15) is 0 Å². The average Bonchev–Trinajstić information content (AvgIpc) is 2.82. The lowest BCUT2D eigenvalue weighted by Crippen LogP contribution is -2.36. The molecule has 2 nitrogen and oxygen atoms in total. The zero-order chi connectivity index (χ0) is 9.90. The average molecular weight is 185 g/mol. The zero-order valence-corrected chi connectivity index (χ0v) is 9.39. The maximum atomic E-state index is 5.09. The fourth-order valence-electron chi connectivity index (χ4n) is 1.81. The Morgan fingerprint density at radius 3 is 2.31 bits per heavy atom. The second-order valence-corrected chi connectivity index (χ2v) is 4.75. The standard InChI is InChI=1S/C11H23NO/c1-9(2)11(5-6-11)8-12-10(3)7-13-4/h9-10,12H,5-8H2,1-4H3. The van der Waals surface area contributed by atoms with Crippen LogP contribution in [-0.4, -0.2) is 26.3 Å². The van der Waals surface area contributed by atoms with Crippen molar-refractivity contribution in [3.05, 3.63) is 0 Å². The third-order valence-electron chi connectivity index (χ3n) is 3.34. The lowest BCUT2D eigenvalue weighted by atomic mass is 9.92. The first-order valence-electron chi connectivity index (χ1n) is 5.33. The van der Waals surface area contributed by atoms with Crippen LogP contribution in [0.3, 0.4) is 0 Å². The van der Waals surface area contributed by atoms with Crippen molar-refractivity contribution in [1.29, 1.82) is 0 Å². The summed E-state index contributed by atoms with van der Waals surface area (Å²) in [7, 11) is 1.76. The van der Waals surface area contributed by atoms with Crippen molar-refractivity contribution >= 4 is 0 Å². The Labute approximate surface area is 82.0 Å². The van der Waals surface area contributed by atoms with E-state index in [4.69, 9.17) is 4.74 Å². The summed E-state index contributed by atoms with van der Waals surface area (Å²) in [6.45, 7) is 8.81. The van der Waals surface area contributed by atoms with Gasteiger partial charge in [-0.2, -0.15) is 0 Å². The third kappa shape index (κ3) is 2.96. The van der Waals surface area contributed by atoms with E-state index in [0.717, 1.165) is 19.1 Å². The van der Waals surface area contributed by atoms with Crippen molar-refractivity contribution in [2.24, 2.45) is 11.3 Å². The predicted octanol–water partition coefficient (Wildman–Crippen LogP) is 2.05. The summed E-state index contributed by atoms with van der Waals surface area (Å²) in [4.78, 5) is 0. The normalized spacial score (nSPS) is 21.9. The summed E-state index contributed by atoms with van der Waals surface area (Å²) in [5.74, 6) is 0.815. The Hall–Kier alpha value is -0.0800. The van der Waals surface area contributed by atoms with Gasteiger partial charge in [-0.15, -0.1) is 0 Å². The highest BCUT2D eigenvalue weighted by atomic mass is 16.5. The van der Waals surface area contributed by atoms with Crippen LogP contribution in [0.2, 0.25) is 0 Å². The molecule has 1 aliphatic rings. The Balaban J connectivity index is 2.18. The summed E-state index contributed by atoms with van der Waals surface area (Å²) in [5.41, 5.74) is 0.613. The SMILES string of the molecule is COCC(C)NCC1(C(C)C)CC1. The summed E-state index contributed by atoms with van der Waals surface area (Å²) in [6.07, 6.45) is 2.80. The van der Waals surface area contributed by atoms with Crippen LogP contribution in [0.15, 0.2) is 0 Å². The number of hydrogen-bond acceptors (Lipinski definition) is 2. The smallest absolute Gasteiger partial charge is 0.0613 e. The highest BCUT2D eigenvalue weighted by Crippen LogP contribution is 2.51. The van der Waals surface area contributed by atoms with Gasteiger partial charge in [0.2, 0.25) is 0 Å². The van der Waals surface area contributed by atoms with E-state index in [1.807, 2.05) is 0 Å². The van der Waals surface area contributed by atoms with Gasteiger partial charge in [-0.1, -0.05) is 13.8 Å². The molecule has 0 radical (unpaired) electrons. The van der Waals surface area contributed by atoms with Crippen LogP contribution in [0, 0.1) is 11.3 Å². The summed E-state index contributed by atoms with van der Waals surface area (Å²) >= 11 is 0. The van der Waals surface area contributed by atoms with Crippen molar-refractivity contribution in [2.45, 2.75) is 39.7 Å². The molecule has 1 fully saturated rings. The molecule has 0 spiro atoms. The van der Waals surface area contributed by atoms with Gasteiger partial charge in [-0.3, -0.25) is 0 Å². The van der Waals surface area contributed by atoms with Gasteiger partial charge in [0.15, 0.2) is 0 Å². The van der Waals surface area contributed by atoms with Crippen molar-refractivity contribution < 1.29 is 4.74 Å². The topological polar surface area (TPSA) is 21.3 Å². The Kier molecular flexibility index (Phi) is 3.74. The van der Waals surface area contributed by atoms with Gasteiger partial charge in [0.25, 0.3) is 0 Å². The highest BCUT2D eigenvalue weighted by molar-refractivity contribution is 4.97. The van der Waals surface area contributed by atoms with Gasteiger partial charge in [0.05, 0.1) is 6.61 Å². The second-order valence-electron chi connectivity index (χ2n) is 4.75. The quantitative estimate of drug-likeness (QED) is 0.684. The summed E-state index contributed by atoms with van der Waals surface area (Å²) < 4.78 is 5.09. The van der Waals surface area contributed by atoms with Crippen molar-refractivity contribution in [1.82, 2.24) is 5.32 Å². The van der Waals surface area contributed by atoms with E-state index < -0.39 is 0 Å². The van der Waals surface area contributed by atoms with Crippen LogP contribution in [0.4, 0.5) is 0 Å². The zero-order valence-electron chi connectivity index (χ0n) is 9.39.